The highest BCUT2D eigenvalue weighted by Gasteiger charge is 2.20. The summed E-state index contributed by atoms with van der Waals surface area (Å²) in [7, 11) is 0. The second kappa shape index (κ2) is 4.32. The Bertz CT molecular complexity index is 522. The topological polar surface area (TPSA) is 93.9 Å². The molecular formula is C11H12N4O2. The fourth-order valence-corrected chi connectivity index (χ4v) is 1.79. The first kappa shape index (κ1) is 11.3. The van der Waals surface area contributed by atoms with E-state index in [9.17, 15) is 10.1 Å². The third-order valence-electron chi connectivity index (χ3n) is 2.62. The van der Waals surface area contributed by atoms with Crippen LogP contribution in [0.4, 0.5) is 5.69 Å². The van der Waals surface area contributed by atoms with Gasteiger partial charge in [-0.2, -0.15) is 5.10 Å². The van der Waals surface area contributed by atoms with Crippen LogP contribution in [0.15, 0.2) is 34.5 Å². The van der Waals surface area contributed by atoms with Crippen molar-refractivity contribution in [1.82, 2.24) is 0 Å². The summed E-state index contributed by atoms with van der Waals surface area (Å²) >= 11 is 0. The number of nitrogens with two attached hydrogens (primary N) is 1. The highest BCUT2D eigenvalue weighted by atomic mass is 16.6. The minimum Gasteiger partial charge on any atom is -0.386 e. The fraction of sp³-hybridized carbons (Fsp3) is 0.273. The maximum absolute atomic E-state index is 10.7. The van der Waals surface area contributed by atoms with Crippen molar-refractivity contribution in [3.63, 3.8) is 0 Å². The van der Waals surface area contributed by atoms with Crippen molar-refractivity contribution in [1.29, 1.82) is 0 Å². The molecule has 1 unspecified atom stereocenters. The van der Waals surface area contributed by atoms with Gasteiger partial charge in [0.1, 0.15) is 5.84 Å². The van der Waals surface area contributed by atoms with Gasteiger partial charge < -0.3 is 5.73 Å². The average Bonchev–Trinajstić information content (AvgIpc) is 2.29. The predicted molar refractivity (Wildman–Crippen MR) is 65.0 cm³/mol. The lowest BCUT2D eigenvalue weighted by Gasteiger charge is -2.16. The largest absolute Gasteiger partial charge is 0.386 e. The molecule has 0 spiro atoms. The molecule has 0 aliphatic carbocycles. The standard InChI is InChI=1S/C11H12N4O2/c1-7-5-10(12)13-14-11(7)8-3-2-4-9(6-8)15(16)17/h2-4,6-7H,5H2,1H3,(H2,12,13). The lowest BCUT2D eigenvalue weighted by molar-refractivity contribution is -0.384. The van der Waals surface area contributed by atoms with Gasteiger partial charge in [0.15, 0.2) is 0 Å². The second-order valence-corrected chi connectivity index (χ2v) is 3.99. The van der Waals surface area contributed by atoms with E-state index in [1.807, 2.05) is 6.92 Å². The summed E-state index contributed by atoms with van der Waals surface area (Å²) < 4.78 is 0. The number of non-ortho nitro benzene ring substituents is 1. The maximum Gasteiger partial charge on any atom is 0.270 e. The molecule has 1 aromatic carbocycles. The second-order valence-electron chi connectivity index (χ2n) is 3.99. The lowest BCUT2D eigenvalue weighted by atomic mass is 9.94. The Labute approximate surface area is 98.0 Å². The van der Waals surface area contributed by atoms with E-state index < -0.39 is 4.92 Å². The van der Waals surface area contributed by atoms with Crippen LogP contribution in [-0.2, 0) is 0 Å². The molecule has 1 aliphatic heterocycles. The number of rotatable bonds is 2. The normalized spacial score (nSPS) is 19.5. The number of hydrogen-bond acceptors (Lipinski definition) is 5. The molecule has 1 aromatic rings. The minimum atomic E-state index is -0.421. The van der Waals surface area contributed by atoms with Gasteiger partial charge in [0.25, 0.3) is 5.69 Å². The predicted octanol–water partition coefficient (Wildman–Crippen LogP) is 1.70. The average molecular weight is 232 g/mol. The van der Waals surface area contributed by atoms with Gasteiger partial charge in [-0.25, -0.2) is 0 Å². The molecule has 0 radical (unpaired) electrons. The molecule has 17 heavy (non-hydrogen) atoms. The molecule has 0 saturated carbocycles. The molecule has 6 nitrogen and oxygen atoms in total. The Morgan fingerprint density at radius 2 is 2.24 bits per heavy atom. The molecule has 88 valence electrons. The van der Waals surface area contributed by atoms with E-state index in [2.05, 4.69) is 10.2 Å². The number of nitro groups is 1. The number of benzene rings is 1. The molecule has 0 fully saturated rings. The smallest absolute Gasteiger partial charge is 0.270 e. The van der Waals surface area contributed by atoms with Crippen molar-refractivity contribution in [3.8, 4) is 0 Å². The molecule has 0 saturated heterocycles. The quantitative estimate of drug-likeness (QED) is 0.621. The Kier molecular flexibility index (Phi) is 2.86. The third kappa shape index (κ3) is 2.30. The van der Waals surface area contributed by atoms with Gasteiger partial charge in [0.05, 0.1) is 10.6 Å². The summed E-state index contributed by atoms with van der Waals surface area (Å²) in [6.07, 6.45) is 0.627. The third-order valence-corrected chi connectivity index (χ3v) is 2.62. The zero-order valence-electron chi connectivity index (χ0n) is 9.33. The van der Waals surface area contributed by atoms with E-state index in [4.69, 9.17) is 5.73 Å². The molecule has 0 aromatic heterocycles. The van der Waals surface area contributed by atoms with Crippen molar-refractivity contribution in [3.05, 3.63) is 39.9 Å². The molecule has 1 heterocycles. The van der Waals surface area contributed by atoms with Gasteiger partial charge in [-0.05, 0) is 0 Å². The minimum absolute atomic E-state index is 0.0555. The summed E-state index contributed by atoms with van der Waals surface area (Å²) in [5.74, 6) is 0.612. The van der Waals surface area contributed by atoms with Gasteiger partial charge in [-0.3, -0.25) is 10.1 Å². The molecule has 2 N–H and O–H groups in total. The number of nitrogens with zero attached hydrogens (tertiary/aromatic N) is 3. The SMILES string of the molecule is CC1CC(N)=NN=C1c1cccc([N+](=O)[O-])c1. The Morgan fingerprint density at radius 1 is 1.47 bits per heavy atom. The van der Waals surface area contributed by atoms with Crippen LogP contribution in [0.25, 0.3) is 0 Å². The van der Waals surface area contributed by atoms with Crippen LogP contribution in [0.1, 0.15) is 18.9 Å². The molecule has 2 rings (SSSR count). The zero-order chi connectivity index (χ0) is 12.4. The van der Waals surface area contributed by atoms with E-state index >= 15 is 0 Å². The van der Waals surface area contributed by atoms with Crippen molar-refractivity contribution in [2.24, 2.45) is 21.9 Å². The van der Waals surface area contributed by atoms with Gasteiger partial charge in [-0.1, -0.05) is 19.1 Å². The first-order chi connectivity index (χ1) is 8.08. The van der Waals surface area contributed by atoms with Crippen molar-refractivity contribution >= 4 is 17.2 Å². The number of amidine groups is 1. The highest BCUT2D eigenvalue weighted by molar-refractivity contribution is 6.05. The van der Waals surface area contributed by atoms with E-state index in [0.717, 1.165) is 11.3 Å². The van der Waals surface area contributed by atoms with Crippen LogP contribution in [0, 0.1) is 16.0 Å². The number of hydrogen-bond donors (Lipinski definition) is 1. The summed E-state index contributed by atoms with van der Waals surface area (Å²) in [5.41, 5.74) is 7.10. The van der Waals surface area contributed by atoms with Crippen LogP contribution in [-0.4, -0.2) is 16.5 Å². The van der Waals surface area contributed by atoms with Crippen LogP contribution in [0.2, 0.25) is 0 Å². The van der Waals surface area contributed by atoms with Crippen LogP contribution in [0.5, 0.6) is 0 Å². The summed E-state index contributed by atoms with van der Waals surface area (Å²) in [4.78, 5) is 10.3. The lowest BCUT2D eigenvalue weighted by Crippen LogP contribution is -2.25. The summed E-state index contributed by atoms with van der Waals surface area (Å²) in [5, 5.41) is 18.5. The number of nitro benzene ring substituents is 1. The Hall–Kier alpha value is -2.24. The van der Waals surface area contributed by atoms with E-state index in [0.29, 0.717) is 12.3 Å². The molecule has 0 bridgehead atoms. The Morgan fingerprint density at radius 3 is 2.88 bits per heavy atom. The summed E-state index contributed by atoms with van der Waals surface area (Å²) in [6, 6.07) is 6.39. The highest BCUT2D eigenvalue weighted by Crippen LogP contribution is 2.20. The van der Waals surface area contributed by atoms with Crippen LogP contribution < -0.4 is 5.73 Å². The van der Waals surface area contributed by atoms with Crippen molar-refractivity contribution in [2.75, 3.05) is 0 Å². The van der Waals surface area contributed by atoms with Crippen molar-refractivity contribution in [2.45, 2.75) is 13.3 Å². The van der Waals surface area contributed by atoms with Crippen LogP contribution in [0.3, 0.4) is 0 Å². The van der Waals surface area contributed by atoms with Gasteiger partial charge in [-0.15, -0.1) is 5.10 Å². The zero-order valence-corrected chi connectivity index (χ0v) is 9.33. The molecular weight excluding hydrogens is 220 g/mol. The molecule has 0 amide bonds. The molecule has 1 aliphatic rings. The van der Waals surface area contributed by atoms with E-state index in [1.54, 1.807) is 12.1 Å². The Balaban J connectivity index is 2.40. The molecule has 1 atom stereocenters. The first-order valence-electron chi connectivity index (χ1n) is 5.22. The van der Waals surface area contributed by atoms with Gasteiger partial charge >= 0.3 is 0 Å². The molecule has 6 heteroatoms. The monoisotopic (exact) mass is 232 g/mol. The maximum atomic E-state index is 10.7. The first-order valence-corrected chi connectivity index (χ1v) is 5.22. The summed E-state index contributed by atoms with van der Waals surface area (Å²) in [6.45, 7) is 1.97. The van der Waals surface area contributed by atoms with Crippen LogP contribution >= 0.6 is 0 Å². The van der Waals surface area contributed by atoms with Gasteiger partial charge in [0.2, 0.25) is 0 Å². The van der Waals surface area contributed by atoms with Crippen molar-refractivity contribution < 1.29 is 4.92 Å². The van der Waals surface area contributed by atoms with E-state index in [1.165, 1.54) is 12.1 Å². The fourth-order valence-electron chi connectivity index (χ4n) is 1.79. The van der Waals surface area contributed by atoms with Gasteiger partial charge in [0, 0.05) is 30.0 Å². The van der Waals surface area contributed by atoms with E-state index in [-0.39, 0.29) is 11.6 Å².